The van der Waals surface area contributed by atoms with Crippen molar-refractivity contribution >= 4 is 5.91 Å². The number of hydrogen-bond acceptors (Lipinski definition) is 4. The Kier molecular flexibility index (Phi) is 4.94. The van der Waals surface area contributed by atoms with Crippen LogP contribution in [0.15, 0.2) is 24.4 Å². The van der Waals surface area contributed by atoms with Gasteiger partial charge in [0.25, 0.3) is 5.91 Å². The van der Waals surface area contributed by atoms with Gasteiger partial charge < -0.3 is 9.64 Å². The van der Waals surface area contributed by atoms with Crippen molar-refractivity contribution in [3.05, 3.63) is 46.8 Å². The van der Waals surface area contributed by atoms with Gasteiger partial charge in [0.2, 0.25) is 0 Å². The minimum atomic E-state index is 0.133. The van der Waals surface area contributed by atoms with E-state index in [1.165, 1.54) is 0 Å². The van der Waals surface area contributed by atoms with Crippen LogP contribution in [0, 0.1) is 13.8 Å². The Morgan fingerprint density at radius 2 is 2.04 bits per heavy atom. The third-order valence-electron chi connectivity index (χ3n) is 4.60. The molecule has 2 heterocycles. The lowest BCUT2D eigenvalue weighted by atomic mass is 10.0. The van der Waals surface area contributed by atoms with E-state index in [4.69, 9.17) is 4.74 Å². The van der Waals surface area contributed by atoms with Crippen molar-refractivity contribution in [2.45, 2.75) is 39.3 Å². The van der Waals surface area contributed by atoms with Gasteiger partial charge in [-0.2, -0.15) is 0 Å². The van der Waals surface area contributed by atoms with Gasteiger partial charge >= 0.3 is 0 Å². The second-order valence-electron chi connectivity index (χ2n) is 6.46. The summed E-state index contributed by atoms with van der Waals surface area (Å²) in [6, 6.07) is 6.34. The highest BCUT2D eigenvalue weighted by Gasteiger charge is 2.26. The van der Waals surface area contributed by atoms with Crippen LogP contribution >= 0.6 is 0 Å². The van der Waals surface area contributed by atoms with E-state index < -0.39 is 0 Å². The van der Waals surface area contributed by atoms with E-state index in [-0.39, 0.29) is 5.91 Å². The molecule has 0 atom stereocenters. The quantitative estimate of drug-likeness (QED) is 0.865. The van der Waals surface area contributed by atoms with E-state index in [0.717, 1.165) is 48.3 Å². The Hall–Kier alpha value is -2.21. The van der Waals surface area contributed by atoms with Gasteiger partial charge in [0.05, 0.1) is 18.8 Å². The molecule has 128 valence electrons. The van der Waals surface area contributed by atoms with Crippen LogP contribution in [0.1, 0.15) is 46.1 Å². The van der Waals surface area contributed by atoms with E-state index in [1.807, 2.05) is 47.8 Å². The summed E-state index contributed by atoms with van der Waals surface area (Å²) < 4.78 is 6.99. The van der Waals surface area contributed by atoms with Crippen LogP contribution in [0.3, 0.4) is 0 Å². The van der Waals surface area contributed by atoms with Crippen molar-refractivity contribution in [2.24, 2.45) is 0 Å². The second-order valence-corrected chi connectivity index (χ2v) is 6.46. The molecule has 3 rings (SSSR count). The molecule has 0 spiro atoms. The highest BCUT2D eigenvalue weighted by Crippen LogP contribution is 2.24. The molecule has 6 nitrogen and oxygen atoms in total. The third-order valence-corrected chi connectivity index (χ3v) is 4.60. The first-order valence-corrected chi connectivity index (χ1v) is 8.34. The number of rotatable bonds is 4. The van der Waals surface area contributed by atoms with E-state index in [0.29, 0.717) is 12.6 Å². The zero-order chi connectivity index (χ0) is 17.1. The van der Waals surface area contributed by atoms with Gasteiger partial charge in [-0.3, -0.25) is 4.79 Å². The van der Waals surface area contributed by atoms with E-state index in [2.05, 4.69) is 10.3 Å². The Morgan fingerprint density at radius 3 is 2.75 bits per heavy atom. The lowest BCUT2D eigenvalue weighted by Crippen LogP contribution is -2.39. The van der Waals surface area contributed by atoms with Gasteiger partial charge in [-0.15, -0.1) is 5.10 Å². The van der Waals surface area contributed by atoms with Crippen molar-refractivity contribution in [1.29, 1.82) is 0 Å². The summed E-state index contributed by atoms with van der Waals surface area (Å²) in [5.74, 6) is 0.133. The molecule has 1 fully saturated rings. The first-order chi connectivity index (χ1) is 11.6. The minimum absolute atomic E-state index is 0.133. The average Bonchev–Trinajstić information content (AvgIpc) is 3.06. The van der Waals surface area contributed by atoms with Crippen molar-refractivity contribution in [3.8, 4) is 0 Å². The summed E-state index contributed by atoms with van der Waals surface area (Å²) in [7, 11) is 1.65. The van der Waals surface area contributed by atoms with Crippen LogP contribution in [0.25, 0.3) is 0 Å². The van der Waals surface area contributed by atoms with Crippen LogP contribution in [-0.2, 0) is 11.3 Å². The predicted molar refractivity (Wildman–Crippen MR) is 90.8 cm³/mol. The van der Waals surface area contributed by atoms with Gasteiger partial charge in [-0.1, -0.05) is 22.9 Å². The summed E-state index contributed by atoms with van der Waals surface area (Å²) in [4.78, 5) is 14.7. The van der Waals surface area contributed by atoms with E-state index in [1.54, 1.807) is 7.11 Å². The van der Waals surface area contributed by atoms with Crippen LogP contribution in [-0.4, -0.2) is 46.0 Å². The smallest absolute Gasteiger partial charge is 0.254 e. The van der Waals surface area contributed by atoms with Gasteiger partial charge in [0.1, 0.15) is 5.69 Å². The van der Waals surface area contributed by atoms with Gasteiger partial charge in [-0.05, 0) is 38.3 Å². The van der Waals surface area contributed by atoms with Gasteiger partial charge in [0.15, 0.2) is 0 Å². The van der Waals surface area contributed by atoms with Crippen LogP contribution < -0.4 is 0 Å². The molecule has 0 radical (unpaired) electrons. The SMILES string of the molecule is COCc1cn(C2CCN(C(=O)c3cc(C)ccc3C)CC2)nn1. The number of carbonyl (C=O) groups excluding carboxylic acids is 1. The molecule has 0 saturated carbocycles. The lowest BCUT2D eigenvalue weighted by molar-refractivity contribution is 0.0688. The highest BCUT2D eigenvalue weighted by atomic mass is 16.5. The number of piperidine rings is 1. The van der Waals surface area contributed by atoms with Crippen LogP contribution in [0.4, 0.5) is 0 Å². The Labute approximate surface area is 142 Å². The summed E-state index contributed by atoms with van der Waals surface area (Å²) in [6.45, 7) is 5.98. The van der Waals surface area contributed by atoms with Crippen molar-refractivity contribution in [3.63, 3.8) is 0 Å². The van der Waals surface area contributed by atoms with E-state index in [9.17, 15) is 4.79 Å². The van der Waals surface area contributed by atoms with Gasteiger partial charge in [-0.25, -0.2) is 4.68 Å². The fourth-order valence-electron chi connectivity index (χ4n) is 3.18. The number of benzene rings is 1. The van der Waals surface area contributed by atoms with Gasteiger partial charge in [0, 0.05) is 25.8 Å². The molecule has 1 aromatic heterocycles. The van der Waals surface area contributed by atoms with Crippen molar-refractivity contribution < 1.29 is 9.53 Å². The number of nitrogens with zero attached hydrogens (tertiary/aromatic N) is 4. The number of amides is 1. The topological polar surface area (TPSA) is 60.2 Å². The first-order valence-electron chi connectivity index (χ1n) is 8.34. The number of ether oxygens (including phenoxy) is 1. The Morgan fingerprint density at radius 1 is 1.29 bits per heavy atom. The lowest BCUT2D eigenvalue weighted by Gasteiger charge is -2.32. The molecule has 24 heavy (non-hydrogen) atoms. The largest absolute Gasteiger partial charge is 0.378 e. The predicted octanol–water partition coefficient (Wildman–Crippen LogP) is 2.52. The molecule has 1 aromatic carbocycles. The summed E-state index contributed by atoms with van der Waals surface area (Å²) in [6.07, 6.45) is 3.73. The number of methoxy groups -OCH3 is 1. The monoisotopic (exact) mass is 328 g/mol. The van der Waals surface area contributed by atoms with Crippen molar-refractivity contribution in [2.75, 3.05) is 20.2 Å². The van der Waals surface area contributed by atoms with E-state index >= 15 is 0 Å². The number of aryl methyl sites for hydroxylation is 2. The maximum absolute atomic E-state index is 12.8. The first kappa shape index (κ1) is 16.6. The molecule has 0 unspecified atom stereocenters. The minimum Gasteiger partial charge on any atom is -0.378 e. The fraction of sp³-hybridized carbons (Fsp3) is 0.500. The summed E-state index contributed by atoms with van der Waals surface area (Å²) in [5.41, 5.74) is 3.81. The number of aromatic nitrogens is 3. The average molecular weight is 328 g/mol. The highest BCUT2D eigenvalue weighted by molar-refractivity contribution is 5.95. The van der Waals surface area contributed by atoms with Crippen molar-refractivity contribution in [1.82, 2.24) is 19.9 Å². The van der Waals surface area contributed by atoms with Crippen LogP contribution in [0.2, 0.25) is 0 Å². The summed E-state index contributed by atoms with van der Waals surface area (Å²) in [5, 5.41) is 8.31. The standard InChI is InChI=1S/C18H24N4O2/c1-13-4-5-14(2)17(10-13)18(23)21-8-6-16(7-9-21)22-11-15(12-24-3)19-20-22/h4-5,10-11,16H,6-9,12H2,1-3H3. The molecule has 2 aromatic rings. The Bertz CT molecular complexity index is 718. The number of hydrogen-bond donors (Lipinski definition) is 0. The molecule has 1 aliphatic rings. The zero-order valence-electron chi connectivity index (χ0n) is 14.5. The molecule has 6 heteroatoms. The molecule has 0 aliphatic carbocycles. The molecule has 0 N–H and O–H groups in total. The summed E-state index contributed by atoms with van der Waals surface area (Å²) >= 11 is 0. The normalized spacial score (nSPS) is 15.7. The number of carbonyl (C=O) groups is 1. The third kappa shape index (κ3) is 3.48. The maximum atomic E-state index is 12.8. The molecular weight excluding hydrogens is 304 g/mol. The Balaban J connectivity index is 1.63. The molecule has 1 amide bonds. The fourth-order valence-corrected chi connectivity index (χ4v) is 3.18. The second kappa shape index (κ2) is 7.13. The molecule has 1 aliphatic heterocycles. The molecule has 1 saturated heterocycles. The molecular formula is C18H24N4O2. The molecule has 0 bridgehead atoms. The zero-order valence-corrected chi connectivity index (χ0v) is 14.5. The van der Waals surface area contributed by atoms with Crippen LogP contribution in [0.5, 0.6) is 0 Å². The number of likely N-dealkylation sites (tertiary alicyclic amines) is 1. The maximum Gasteiger partial charge on any atom is 0.254 e.